The largest absolute Gasteiger partial charge is 0.331 e. The van der Waals surface area contributed by atoms with Crippen LogP contribution in [-0.2, 0) is 14.8 Å². The molecule has 0 saturated carbocycles. The molecule has 0 aromatic heterocycles. The summed E-state index contributed by atoms with van der Waals surface area (Å²) >= 11 is 0. The quantitative estimate of drug-likeness (QED) is 0.678. The van der Waals surface area contributed by atoms with Crippen LogP contribution in [0.4, 0.5) is 10.5 Å². The minimum atomic E-state index is -3.62. The minimum Gasteiger partial charge on any atom is -0.331 e. The summed E-state index contributed by atoms with van der Waals surface area (Å²) in [5.41, 5.74) is 1.09. The van der Waals surface area contributed by atoms with Gasteiger partial charge in [-0.05, 0) is 31.5 Å². The van der Waals surface area contributed by atoms with E-state index in [0.29, 0.717) is 50.5 Å². The van der Waals surface area contributed by atoms with Crippen LogP contribution in [0, 0.1) is 6.92 Å². The zero-order valence-electron chi connectivity index (χ0n) is 19.4. The van der Waals surface area contributed by atoms with Crippen molar-refractivity contribution in [2.24, 2.45) is 0 Å². The van der Waals surface area contributed by atoms with Crippen LogP contribution in [0.5, 0.6) is 0 Å². The second-order valence-electron chi connectivity index (χ2n) is 7.93. The third-order valence-electron chi connectivity index (χ3n) is 5.67. The summed E-state index contributed by atoms with van der Waals surface area (Å²) in [6, 6.07) is 4.53. The summed E-state index contributed by atoms with van der Waals surface area (Å²) in [5, 5.41) is 2.85. The smallest absolute Gasteiger partial charge is 0.319 e. The first kappa shape index (κ1) is 25.1. The van der Waals surface area contributed by atoms with Crippen LogP contribution in [0.1, 0.15) is 26.3 Å². The van der Waals surface area contributed by atoms with Gasteiger partial charge in [0.15, 0.2) is 0 Å². The third-order valence-corrected chi connectivity index (χ3v) is 7.87. The number of rotatable bonds is 7. The van der Waals surface area contributed by atoms with E-state index in [2.05, 4.69) is 5.32 Å². The molecule has 174 valence electrons. The van der Waals surface area contributed by atoms with Crippen LogP contribution in [0.2, 0.25) is 0 Å². The molecule has 1 heterocycles. The van der Waals surface area contributed by atoms with Gasteiger partial charge in [0, 0.05) is 59.1 Å². The Morgan fingerprint density at radius 2 is 1.68 bits per heavy atom. The number of anilines is 1. The van der Waals surface area contributed by atoms with E-state index in [0.717, 1.165) is 0 Å². The van der Waals surface area contributed by atoms with Crippen molar-refractivity contribution in [3.63, 3.8) is 0 Å². The Balaban J connectivity index is 2.08. The highest BCUT2D eigenvalue weighted by Gasteiger charge is 2.29. The predicted octanol–water partition coefficient (Wildman–Crippen LogP) is 1.65. The molecule has 1 aromatic carbocycles. The number of carbonyl (C=O) groups is 2. The van der Waals surface area contributed by atoms with Gasteiger partial charge in [-0.1, -0.05) is 19.9 Å². The summed E-state index contributed by atoms with van der Waals surface area (Å²) in [5.74, 6) is -0.206. The monoisotopic (exact) mass is 453 g/mol. The molecule has 1 aliphatic rings. The zero-order chi connectivity index (χ0) is 23.3. The number of piperazine rings is 1. The molecule has 1 atom stereocenters. The predicted molar refractivity (Wildman–Crippen MR) is 122 cm³/mol. The van der Waals surface area contributed by atoms with Gasteiger partial charge in [0.25, 0.3) is 0 Å². The first-order chi connectivity index (χ1) is 14.5. The van der Waals surface area contributed by atoms with E-state index >= 15 is 0 Å². The lowest BCUT2D eigenvalue weighted by atomic mass is 10.2. The van der Waals surface area contributed by atoms with Crippen molar-refractivity contribution in [1.82, 2.24) is 19.0 Å². The van der Waals surface area contributed by atoms with Crippen molar-refractivity contribution in [2.75, 3.05) is 58.7 Å². The molecule has 1 fully saturated rings. The van der Waals surface area contributed by atoms with Crippen molar-refractivity contribution < 1.29 is 18.0 Å². The van der Waals surface area contributed by atoms with E-state index in [1.165, 1.54) is 10.4 Å². The Morgan fingerprint density at radius 1 is 1.10 bits per heavy atom. The molecule has 0 spiro atoms. The maximum atomic E-state index is 12.9. The van der Waals surface area contributed by atoms with Gasteiger partial charge in [0.05, 0.1) is 10.9 Å². The van der Waals surface area contributed by atoms with E-state index in [-0.39, 0.29) is 16.8 Å². The molecule has 31 heavy (non-hydrogen) atoms. The highest BCUT2D eigenvalue weighted by atomic mass is 32.2. The van der Waals surface area contributed by atoms with Crippen molar-refractivity contribution in [3.05, 3.63) is 23.8 Å². The average Bonchev–Trinajstić information content (AvgIpc) is 2.74. The van der Waals surface area contributed by atoms with Gasteiger partial charge < -0.3 is 15.1 Å². The fraction of sp³-hybridized carbons (Fsp3) is 0.619. The summed E-state index contributed by atoms with van der Waals surface area (Å²) in [6.07, 6.45) is 0. The Morgan fingerprint density at radius 3 is 2.19 bits per heavy atom. The normalized spacial score (nSPS) is 16.3. The molecule has 1 N–H and O–H groups in total. The molecule has 1 aromatic rings. The fourth-order valence-electron chi connectivity index (χ4n) is 3.65. The van der Waals surface area contributed by atoms with Crippen molar-refractivity contribution in [2.45, 2.75) is 38.6 Å². The summed E-state index contributed by atoms with van der Waals surface area (Å²) < 4.78 is 27.3. The van der Waals surface area contributed by atoms with Gasteiger partial charge in [0.1, 0.15) is 0 Å². The summed E-state index contributed by atoms with van der Waals surface area (Å²) in [4.78, 5) is 30.5. The van der Waals surface area contributed by atoms with Gasteiger partial charge in [0.2, 0.25) is 15.9 Å². The van der Waals surface area contributed by atoms with E-state index in [9.17, 15) is 18.0 Å². The zero-order valence-corrected chi connectivity index (χ0v) is 20.2. The van der Waals surface area contributed by atoms with Gasteiger partial charge in [-0.3, -0.25) is 9.69 Å². The minimum absolute atomic E-state index is 0.0293. The number of carbonyl (C=O) groups excluding carboxylic acids is 2. The van der Waals surface area contributed by atoms with Crippen molar-refractivity contribution >= 4 is 27.6 Å². The highest BCUT2D eigenvalue weighted by molar-refractivity contribution is 7.89. The van der Waals surface area contributed by atoms with Crippen molar-refractivity contribution in [1.29, 1.82) is 0 Å². The molecule has 0 radical (unpaired) electrons. The molecule has 9 nitrogen and oxygen atoms in total. The summed E-state index contributed by atoms with van der Waals surface area (Å²) in [6.45, 7) is 10.3. The lowest BCUT2D eigenvalue weighted by Gasteiger charge is -2.38. The van der Waals surface area contributed by atoms with Gasteiger partial charge in [-0.15, -0.1) is 0 Å². The van der Waals surface area contributed by atoms with Gasteiger partial charge >= 0.3 is 6.03 Å². The molecule has 0 aliphatic carbocycles. The van der Waals surface area contributed by atoms with E-state index in [4.69, 9.17) is 0 Å². The second-order valence-corrected chi connectivity index (χ2v) is 9.84. The number of nitrogens with zero attached hydrogens (tertiary/aromatic N) is 4. The summed E-state index contributed by atoms with van der Waals surface area (Å²) in [7, 11) is -0.176. The molecule has 1 saturated heterocycles. The number of hydrogen-bond donors (Lipinski definition) is 1. The van der Waals surface area contributed by atoms with Crippen molar-refractivity contribution in [3.8, 4) is 0 Å². The molecule has 1 aliphatic heterocycles. The lowest BCUT2D eigenvalue weighted by molar-refractivity contribution is -0.121. The third kappa shape index (κ3) is 5.75. The number of sulfonamides is 1. The molecule has 3 amide bonds. The number of benzene rings is 1. The molecular formula is C21H35N5O4S. The lowest BCUT2D eigenvalue weighted by Crippen LogP contribution is -2.55. The van der Waals surface area contributed by atoms with Crippen LogP contribution in [0.15, 0.2) is 23.1 Å². The number of urea groups is 1. The molecule has 2 rings (SSSR count). The van der Waals surface area contributed by atoms with Crippen LogP contribution >= 0.6 is 0 Å². The van der Waals surface area contributed by atoms with Crippen LogP contribution in [-0.4, -0.2) is 98.8 Å². The Bertz CT molecular complexity index is 891. The Kier molecular flexibility index (Phi) is 8.44. The molecule has 10 heteroatoms. The van der Waals surface area contributed by atoms with Gasteiger partial charge in [-0.2, -0.15) is 4.31 Å². The van der Waals surface area contributed by atoms with Crippen LogP contribution in [0.25, 0.3) is 0 Å². The van der Waals surface area contributed by atoms with Gasteiger partial charge in [-0.25, -0.2) is 13.2 Å². The molecular weight excluding hydrogens is 418 g/mol. The standard InChI is InChI=1S/C21H35N5O4S/c1-7-26(8-2)31(29,30)19-15-18(10-9-16(19)3)22-20(27)17(4)24-11-13-25(14-12-24)21(28)23(5)6/h9-10,15,17H,7-8,11-14H2,1-6H3,(H,22,27). The topological polar surface area (TPSA) is 93.3 Å². The number of hydrogen-bond acceptors (Lipinski definition) is 5. The average molecular weight is 454 g/mol. The van der Waals surface area contributed by atoms with E-state index in [1.54, 1.807) is 56.8 Å². The molecule has 0 bridgehead atoms. The SMILES string of the molecule is CCN(CC)S(=O)(=O)c1cc(NC(=O)C(C)N2CCN(C(=O)N(C)C)CC2)ccc1C. The number of amides is 3. The van der Waals surface area contributed by atoms with E-state index < -0.39 is 16.1 Å². The highest BCUT2D eigenvalue weighted by Crippen LogP contribution is 2.24. The first-order valence-corrected chi connectivity index (χ1v) is 12.1. The second kappa shape index (κ2) is 10.4. The van der Waals surface area contributed by atoms with E-state index in [1.807, 2.05) is 11.8 Å². The Labute approximate surface area is 186 Å². The fourth-order valence-corrected chi connectivity index (χ4v) is 5.36. The maximum Gasteiger partial charge on any atom is 0.319 e. The maximum absolute atomic E-state index is 12.9. The number of aryl methyl sites for hydroxylation is 1. The number of nitrogens with one attached hydrogen (secondary N) is 1. The first-order valence-electron chi connectivity index (χ1n) is 10.6. The van der Waals surface area contributed by atoms with Crippen LogP contribution in [0.3, 0.4) is 0 Å². The molecule has 1 unspecified atom stereocenters. The van der Waals surface area contributed by atoms with Crippen LogP contribution < -0.4 is 5.32 Å². The Hall–Kier alpha value is -2.17.